The summed E-state index contributed by atoms with van der Waals surface area (Å²) in [5.74, 6) is 1.11. The van der Waals surface area contributed by atoms with Crippen molar-refractivity contribution in [3.63, 3.8) is 0 Å². The van der Waals surface area contributed by atoms with Gasteiger partial charge < -0.3 is 14.8 Å². The van der Waals surface area contributed by atoms with Crippen LogP contribution in [0.2, 0.25) is 0 Å². The number of hydrogen-bond donors (Lipinski definition) is 1. The van der Waals surface area contributed by atoms with Crippen LogP contribution in [0, 0.1) is 0 Å². The van der Waals surface area contributed by atoms with Crippen molar-refractivity contribution >= 4 is 16.8 Å². The molecule has 1 N–H and O–H groups in total. The van der Waals surface area contributed by atoms with Crippen LogP contribution in [0.15, 0.2) is 78.9 Å². The molecule has 0 radical (unpaired) electrons. The molecule has 0 bridgehead atoms. The van der Waals surface area contributed by atoms with Crippen LogP contribution >= 0.6 is 0 Å². The molecule has 4 rings (SSSR count). The van der Waals surface area contributed by atoms with Gasteiger partial charge in [-0.2, -0.15) is 0 Å². The molecule has 0 aliphatic rings. The highest BCUT2D eigenvalue weighted by molar-refractivity contribution is 6.07. The second-order valence-corrected chi connectivity index (χ2v) is 7.25. The molecule has 5 heteroatoms. The number of pyridine rings is 1. The maximum atomic E-state index is 13.3. The van der Waals surface area contributed by atoms with Crippen LogP contribution in [0.25, 0.3) is 22.2 Å². The highest BCUT2D eigenvalue weighted by Gasteiger charge is 2.17. The lowest BCUT2D eigenvalue weighted by atomic mass is 10.0. The van der Waals surface area contributed by atoms with Crippen molar-refractivity contribution in [2.24, 2.45) is 0 Å². The Morgan fingerprint density at radius 1 is 0.871 bits per heavy atom. The van der Waals surface area contributed by atoms with Crippen molar-refractivity contribution in [2.45, 2.75) is 13.0 Å². The molecule has 0 fully saturated rings. The van der Waals surface area contributed by atoms with Gasteiger partial charge in [0.25, 0.3) is 5.91 Å². The highest BCUT2D eigenvalue weighted by Crippen LogP contribution is 2.33. The third-order valence-corrected chi connectivity index (χ3v) is 5.29. The van der Waals surface area contributed by atoms with E-state index in [1.807, 2.05) is 85.8 Å². The number of benzene rings is 3. The molecule has 1 unspecified atom stereocenters. The van der Waals surface area contributed by atoms with Gasteiger partial charge in [-0.25, -0.2) is 4.98 Å². The summed E-state index contributed by atoms with van der Waals surface area (Å²) in [7, 11) is 3.20. The average molecular weight is 412 g/mol. The maximum Gasteiger partial charge on any atom is 0.252 e. The van der Waals surface area contributed by atoms with E-state index in [2.05, 4.69) is 5.32 Å². The quantitative estimate of drug-likeness (QED) is 0.460. The van der Waals surface area contributed by atoms with E-state index in [1.165, 1.54) is 0 Å². The third-order valence-electron chi connectivity index (χ3n) is 5.29. The van der Waals surface area contributed by atoms with E-state index in [9.17, 15) is 4.79 Å². The number of fused-ring (bicyclic) bond motifs is 1. The van der Waals surface area contributed by atoms with Crippen molar-refractivity contribution in [1.29, 1.82) is 0 Å². The van der Waals surface area contributed by atoms with Crippen molar-refractivity contribution in [3.05, 3.63) is 90.0 Å². The summed E-state index contributed by atoms with van der Waals surface area (Å²) in [6.07, 6.45) is 0. The van der Waals surface area contributed by atoms with Crippen LogP contribution in [0.5, 0.6) is 11.5 Å². The normalized spacial score (nSPS) is 11.7. The Hall–Kier alpha value is -3.86. The number of hydrogen-bond acceptors (Lipinski definition) is 4. The van der Waals surface area contributed by atoms with Crippen LogP contribution in [0.4, 0.5) is 0 Å². The number of rotatable bonds is 6. The number of carbonyl (C=O) groups excluding carboxylic acids is 1. The standard InChI is InChI=1S/C26H24N2O3/c1-17(18-9-5-4-6-10-18)27-26(29)21-16-23(28-22-12-8-7-11-20(21)22)19-13-14-24(30-2)25(15-19)31-3/h4-17H,1-3H3,(H,27,29). The molecule has 156 valence electrons. The first-order valence-electron chi connectivity index (χ1n) is 10.1. The van der Waals surface area contributed by atoms with Gasteiger partial charge in [0, 0.05) is 10.9 Å². The SMILES string of the molecule is COc1ccc(-c2cc(C(=O)NC(C)c3ccccc3)c3ccccc3n2)cc1OC. The van der Waals surface area contributed by atoms with E-state index in [-0.39, 0.29) is 11.9 Å². The second kappa shape index (κ2) is 8.88. The first-order valence-corrected chi connectivity index (χ1v) is 10.1. The van der Waals surface area contributed by atoms with Crippen LogP contribution in [0.3, 0.4) is 0 Å². The molecule has 0 saturated heterocycles. The third kappa shape index (κ3) is 4.21. The van der Waals surface area contributed by atoms with Gasteiger partial charge in [-0.15, -0.1) is 0 Å². The minimum atomic E-state index is -0.142. The molecule has 1 aromatic heterocycles. The summed E-state index contributed by atoms with van der Waals surface area (Å²) >= 11 is 0. The Bertz CT molecular complexity index is 1220. The molecular formula is C26H24N2O3. The topological polar surface area (TPSA) is 60.5 Å². The maximum absolute atomic E-state index is 13.3. The molecule has 0 spiro atoms. The largest absolute Gasteiger partial charge is 0.493 e. The first kappa shape index (κ1) is 20.4. The van der Waals surface area contributed by atoms with Crippen molar-refractivity contribution in [3.8, 4) is 22.8 Å². The van der Waals surface area contributed by atoms with Crippen LogP contribution in [-0.4, -0.2) is 25.1 Å². The van der Waals surface area contributed by atoms with Crippen molar-refractivity contribution in [1.82, 2.24) is 10.3 Å². The smallest absolute Gasteiger partial charge is 0.252 e. The zero-order valence-electron chi connectivity index (χ0n) is 17.8. The van der Waals surface area contributed by atoms with Crippen molar-refractivity contribution < 1.29 is 14.3 Å². The van der Waals surface area contributed by atoms with Gasteiger partial charge in [0.05, 0.1) is 37.0 Å². The molecule has 1 atom stereocenters. The van der Waals surface area contributed by atoms with Gasteiger partial charge in [-0.3, -0.25) is 4.79 Å². The van der Waals surface area contributed by atoms with E-state index in [0.29, 0.717) is 22.8 Å². The lowest BCUT2D eigenvalue weighted by Gasteiger charge is -2.16. The predicted octanol–water partition coefficient (Wildman–Crippen LogP) is 5.41. The van der Waals surface area contributed by atoms with Crippen LogP contribution in [0.1, 0.15) is 28.9 Å². The van der Waals surface area contributed by atoms with Gasteiger partial charge in [-0.1, -0.05) is 48.5 Å². The average Bonchev–Trinajstić information content (AvgIpc) is 2.83. The molecule has 1 amide bonds. The molecule has 0 saturated carbocycles. The van der Waals surface area contributed by atoms with Gasteiger partial charge in [-0.05, 0) is 42.8 Å². The van der Waals surface area contributed by atoms with Crippen LogP contribution in [-0.2, 0) is 0 Å². The number of aromatic nitrogens is 1. The predicted molar refractivity (Wildman–Crippen MR) is 123 cm³/mol. The minimum Gasteiger partial charge on any atom is -0.493 e. The number of methoxy groups -OCH3 is 2. The van der Waals surface area contributed by atoms with E-state index in [0.717, 1.165) is 22.0 Å². The molecule has 0 aliphatic heterocycles. The first-order chi connectivity index (χ1) is 15.1. The van der Waals surface area contributed by atoms with Gasteiger partial charge in [0.15, 0.2) is 11.5 Å². The van der Waals surface area contributed by atoms with E-state index in [1.54, 1.807) is 14.2 Å². The monoisotopic (exact) mass is 412 g/mol. The Balaban J connectivity index is 1.76. The van der Waals surface area contributed by atoms with Crippen LogP contribution < -0.4 is 14.8 Å². The van der Waals surface area contributed by atoms with E-state index in [4.69, 9.17) is 14.5 Å². The summed E-state index contributed by atoms with van der Waals surface area (Å²) < 4.78 is 10.8. The number of ether oxygens (including phenoxy) is 2. The fourth-order valence-electron chi connectivity index (χ4n) is 3.61. The number of nitrogens with zero attached hydrogens (tertiary/aromatic N) is 1. The summed E-state index contributed by atoms with van der Waals surface area (Å²) in [6.45, 7) is 1.98. The van der Waals surface area contributed by atoms with Gasteiger partial charge in [0.2, 0.25) is 0 Å². The van der Waals surface area contributed by atoms with Crippen molar-refractivity contribution in [2.75, 3.05) is 14.2 Å². The van der Waals surface area contributed by atoms with Gasteiger partial charge >= 0.3 is 0 Å². The summed E-state index contributed by atoms with van der Waals surface area (Å²) in [6, 6.07) is 24.9. The number of para-hydroxylation sites is 1. The molecular weight excluding hydrogens is 388 g/mol. The Kier molecular flexibility index (Phi) is 5.85. The lowest BCUT2D eigenvalue weighted by molar-refractivity contribution is 0.0941. The second-order valence-electron chi connectivity index (χ2n) is 7.25. The number of carbonyl (C=O) groups is 1. The fraction of sp³-hybridized carbons (Fsp3) is 0.154. The lowest BCUT2D eigenvalue weighted by Crippen LogP contribution is -2.27. The van der Waals surface area contributed by atoms with E-state index >= 15 is 0 Å². The Morgan fingerprint density at radius 3 is 2.32 bits per heavy atom. The Labute approximate surface area is 181 Å². The zero-order valence-corrected chi connectivity index (χ0v) is 17.8. The summed E-state index contributed by atoms with van der Waals surface area (Å²) in [5, 5.41) is 3.92. The summed E-state index contributed by atoms with van der Waals surface area (Å²) in [4.78, 5) is 18.0. The van der Waals surface area contributed by atoms with E-state index < -0.39 is 0 Å². The highest BCUT2D eigenvalue weighted by atomic mass is 16.5. The summed E-state index contributed by atoms with van der Waals surface area (Å²) in [5.41, 5.74) is 3.92. The molecule has 5 nitrogen and oxygen atoms in total. The number of nitrogens with one attached hydrogen (secondary N) is 1. The molecule has 4 aromatic rings. The molecule has 3 aromatic carbocycles. The van der Waals surface area contributed by atoms with Gasteiger partial charge in [0.1, 0.15) is 0 Å². The Morgan fingerprint density at radius 2 is 1.58 bits per heavy atom. The minimum absolute atomic E-state index is 0.120. The zero-order chi connectivity index (χ0) is 21.8. The molecule has 1 heterocycles. The molecule has 31 heavy (non-hydrogen) atoms. The number of amides is 1. The molecule has 0 aliphatic carbocycles. The fourth-order valence-corrected chi connectivity index (χ4v) is 3.61.